The fourth-order valence-corrected chi connectivity index (χ4v) is 2.14. The highest BCUT2D eigenvalue weighted by molar-refractivity contribution is 5.89. The van der Waals surface area contributed by atoms with Crippen molar-refractivity contribution in [3.8, 4) is 5.75 Å². The summed E-state index contributed by atoms with van der Waals surface area (Å²) >= 11 is 0. The molecule has 2 aromatic carbocycles. The third-order valence-electron chi connectivity index (χ3n) is 3.51. The summed E-state index contributed by atoms with van der Waals surface area (Å²) < 4.78 is 5.84. The fourth-order valence-electron chi connectivity index (χ4n) is 2.14. The van der Waals surface area contributed by atoms with Gasteiger partial charge in [-0.1, -0.05) is 44.2 Å². The predicted octanol–water partition coefficient (Wildman–Crippen LogP) is 4.40. The van der Waals surface area contributed by atoms with Gasteiger partial charge in [-0.3, -0.25) is 0 Å². The average Bonchev–Trinajstić information content (AvgIpc) is 2.46. The first-order valence-corrected chi connectivity index (χ1v) is 7.03. The Bertz CT molecular complexity index is 645. The van der Waals surface area contributed by atoms with Crippen molar-refractivity contribution in [1.82, 2.24) is 0 Å². The van der Waals surface area contributed by atoms with E-state index >= 15 is 0 Å². The molecule has 1 N–H and O–H groups in total. The van der Waals surface area contributed by atoms with Crippen molar-refractivity contribution in [3.05, 3.63) is 64.7 Å². The summed E-state index contributed by atoms with van der Waals surface area (Å²) in [7, 11) is 0. The van der Waals surface area contributed by atoms with E-state index in [2.05, 4.69) is 19.9 Å². The molecule has 0 aromatic heterocycles. The van der Waals surface area contributed by atoms with Gasteiger partial charge < -0.3 is 9.84 Å². The summed E-state index contributed by atoms with van der Waals surface area (Å²) in [6.45, 7) is 6.51. The van der Waals surface area contributed by atoms with Gasteiger partial charge in [-0.25, -0.2) is 4.79 Å². The third-order valence-corrected chi connectivity index (χ3v) is 3.51. The van der Waals surface area contributed by atoms with Gasteiger partial charge in [0, 0.05) is 5.56 Å². The maximum Gasteiger partial charge on any atom is 0.336 e. The summed E-state index contributed by atoms with van der Waals surface area (Å²) in [6, 6.07) is 13.1. The molecular weight excluding hydrogens is 264 g/mol. The van der Waals surface area contributed by atoms with Crippen LogP contribution in [0.3, 0.4) is 0 Å². The minimum absolute atomic E-state index is 0.255. The lowest BCUT2D eigenvalue weighted by molar-refractivity contribution is 0.0694. The summed E-state index contributed by atoms with van der Waals surface area (Å²) in [4.78, 5) is 11.2. The number of aryl methyl sites for hydroxylation is 1. The number of rotatable bonds is 5. The number of ether oxygens (including phenoxy) is 1. The number of hydrogen-bond acceptors (Lipinski definition) is 2. The SMILES string of the molecule is Cc1ccc(C(C)C)cc1OCc1ccccc1C(=O)O. The summed E-state index contributed by atoms with van der Waals surface area (Å²) in [6.07, 6.45) is 0. The van der Waals surface area contributed by atoms with Crippen LogP contribution in [0.4, 0.5) is 0 Å². The van der Waals surface area contributed by atoms with Gasteiger partial charge in [-0.15, -0.1) is 0 Å². The quantitative estimate of drug-likeness (QED) is 0.885. The first-order valence-electron chi connectivity index (χ1n) is 7.03. The zero-order valence-corrected chi connectivity index (χ0v) is 12.6. The maximum atomic E-state index is 11.2. The molecule has 0 aliphatic heterocycles. The second-order valence-electron chi connectivity index (χ2n) is 5.43. The molecule has 2 aromatic rings. The molecule has 0 saturated heterocycles. The van der Waals surface area contributed by atoms with Crippen LogP contribution >= 0.6 is 0 Å². The minimum Gasteiger partial charge on any atom is -0.489 e. The van der Waals surface area contributed by atoms with Crippen LogP contribution in [-0.2, 0) is 6.61 Å². The molecule has 2 rings (SSSR count). The number of hydrogen-bond donors (Lipinski definition) is 1. The second kappa shape index (κ2) is 6.44. The lowest BCUT2D eigenvalue weighted by Crippen LogP contribution is -2.06. The van der Waals surface area contributed by atoms with E-state index in [1.54, 1.807) is 18.2 Å². The van der Waals surface area contributed by atoms with E-state index in [0.29, 0.717) is 11.5 Å². The Balaban J connectivity index is 2.20. The van der Waals surface area contributed by atoms with Crippen molar-refractivity contribution in [2.45, 2.75) is 33.3 Å². The molecule has 0 aliphatic carbocycles. The van der Waals surface area contributed by atoms with Crippen LogP contribution in [0.15, 0.2) is 42.5 Å². The van der Waals surface area contributed by atoms with Crippen molar-refractivity contribution in [2.75, 3.05) is 0 Å². The van der Waals surface area contributed by atoms with E-state index in [1.807, 2.05) is 25.1 Å². The zero-order valence-electron chi connectivity index (χ0n) is 12.6. The molecule has 0 atom stereocenters. The molecule has 0 heterocycles. The molecule has 0 amide bonds. The van der Waals surface area contributed by atoms with Gasteiger partial charge in [-0.2, -0.15) is 0 Å². The molecule has 0 saturated carbocycles. The monoisotopic (exact) mass is 284 g/mol. The molecular formula is C18H20O3. The minimum atomic E-state index is -0.929. The van der Waals surface area contributed by atoms with Crippen LogP contribution in [0.1, 0.15) is 46.8 Å². The smallest absolute Gasteiger partial charge is 0.336 e. The fraction of sp³-hybridized carbons (Fsp3) is 0.278. The van der Waals surface area contributed by atoms with Crippen molar-refractivity contribution in [3.63, 3.8) is 0 Å². The molecule has 0 spiro atoms. The largest absolute Gasteiger partial charge is 0.489 e. The van der Waals surface area contributed by atoms with Gasteiger partial charge >= 0.3 is 5.97 Å². The number of benzene rings is 2. The predicted molar refractivity (Wildman–Crippen MR) is 83.0 cm³/mol. The van der Waals surface area contributed by atoms with E-state index < -0.39 is 5.97 Å². The molecule has 0 aliphatic rings. The molecule has 110 valence electrons. The maximum absolute atomic E-state index is 11.2. The van der Waals surface area contributed by atoms with Crippen LogP contribution in [0.5, 0.6) is 5.75 Å². The van der Waals surface area contributed by atoms with Crippen LogP contribution in [0.2, 0.25) is 0 Å². The van der Waals surface area contributed by atoms with Gasteiger partial charge in [0.1, 0.15) is 12.4 Å². The Labute approximate surface area is 125 Å². The van der Waals surface area contributed by atoms with Gasteiger partial charge in [0.25, 0.3) is 0 Å². The zero-order chi connectivity index (χ0) is 15.4. The van der Waals surface area contributed by atoms with Gasteiger partial charge in [-0.05, 0) is 36.1 Å². The lowest BCUT2D eigenvalue weighted by atomic mass is 10.0. The summed E-state index contributed by atoms with van der Waals surface area (Å²) in [5.74, 6) is 0.308. The topological polar surface area (TPSA) is 46.5 Å². The van der Waals surface area contributed by atoms with Crippen LogP contribution in [0, 0.1) is 6.92 Å². The highest BCUT2D eigenvalue weighted by atomic mass is 16.5. The molecule has 21 heavy (non-hydrogen) atoms. The van der Waals surface area contributed by atoms with Crippen LogP contribution in [0.25, 0.3) is 0 Å². The molecule has 0 fully saturated rings. The van der Waals surface area contributed by atoms with E-state index in [0.717, 1.165) is 11.3 Å². The van der Waals surface area contributed by atoms with Gasteiger partial charge in [0.15, 0.2) is 0 Å². The average molecular weight is 284 g/mol. The number of aromatic carboxylic acids is 1. The van der Waals surface area contributed by atoms with Crippen molar-refractivity contribution in [2.24, 2.45) is 0 Å². The normalized spacial score (nSPS) is 10.7. The molecule has 3 heteroatoms. The van der Waals surface area contributed by atoms with Crippen molar-refractivity contribution in [1.29, 1.82) is 0 Å². The Kier molecular flexibility index (Phi) is 4.63. The Morgan fingerprint density at radius 2 is 1.90 bits per heavy atom. The Morgan fingerprint density at radius 3 is 2.57 bits per heavy atom. The molecule has 0 radical (unpaired) electrons. The van der Waals surface area contributed by atoms with Crippen molar-refractivity contribution < 1.29 is 14.6 Å². The lowest BCUT2D eigenvalue weighted by Gasteiger charge is -2.13. The highest BCUT2D eigenvalue weighted by Crippen LogP contribution is 2.25. The molecule has 3 nitrogen and oxygen atoms in total. The van der Waals surface area contributed by atoms with Crippen LogP contribution < -0.4 is 4.74 Å². The van der Waals surface area contributed by atoms with E-state index in [4.69, 9.17) is 4.74 Å². The molecule has 0 bridgehead atoms. The second-order valence-corrected chi connectivity index (χ2v) is 5.43. The Morgan fingerprint density at radius 1 is 1.19 bits per heavy atom. The summed E-state index contributed by atoms with van der Waals surface area (Å²) in [5.41, 5.74) is 3.23. The van der Waals surface area contributed by atoms with Crippen molar-refractivity contribution >= 4 is 5.97 Å². The molecule has 0 unspecified atom stereocenters. The third kappa shape index (κ3) is 3.63. The standard InChI is InChI=1S/C18H20O3/c1-12(2)14-9-8-13(3)17(10-14)21-11-15-6-4-5-7-16(15)18(19)20/h4-10,12H,11H2,1-3H3,(H,19,20). The van der Waals surface area contributed by atoms with Gasteiger partial charge in [0.2, 0.25) is 0 Å². The number of carbonyl (C=O) groups is 1. The van der Waals surface area contributed by atoms with Gasteiger partial charge in [0.05, 0.1) is 5.56 Å². The Hall–Kier alpha value is -2.29. The first kappa shape index (κ1) is 15.1. The van der Waals surface area contributed by atoms with Crippen LogP contribution in [-0.4, -0.2) is 11.1 Å². The highest BCUT2D eigenvalue weighted by Gasteiger charge is 2.10. The van der Waals surface area contributed by atoms with E-state index in [-0.39, 0.29) is 12.2 Å². The summed E-state index contributed by atoms with van der Waals surface area (Å²) in [5, 5.41) is 9.18. The number of carboxylic acid groups (broad SMARTS) is 1. The van der Waals surface area contributed by atoms with E-state index in [1.165, 1.54) is 5.56 Å². The first-order chi connectivity index (χ1) is 9.99. The number of carboxylic acids is 1. The van der Waals surface area contributed by atoms with E-state index in [9.17, 15) is 9.90 Å².